The van der Waals surface area contributed by atoms with Crippen LogP contribution < -0.4 is 16.4 Å². The van der Waals surface area contributed by atoms with Crippen molar-refractivity contribution in [2.45, 2.75) is 6.18 Å². The number of anilines is 3. The summed E-state index contributed by atoms with van der Waals surface area (Å²) in [6.45, 7) is 0. The van der Waals surface area contributed by atoms with E-state index in [0.717, 1.165) is 23.4 Å². The van der Waals surface area contributed by atoms with Crippen LogP contribution in [0.15, 0.2) is 79.0 Å². The van der Waals surface area contributed by atoms with Gasteiger partial charge in [0.05, 0.1) is 16.8 Å². The highest BCUT2D eigenvalue weighted by Gasteiger charge is 2.31. The first-order valence-electron chi connectivity index (χ1n) is 10.9. The van der Waals surface area contributed by atoms with Gasteiger partial charge in [-0.15, -0.1) is 0 Å². The number of aromatic amines is 1. The molecule has 9 heteroatoms. The van der Waals surface area contributed by atoms with E-state index in [1.807, 2.05) is 24.3 Å². The lowest BCUT2D eigenvalue weighted by Crippen LogP contribution is -2.15. The van der Waals surface area contributed by atoms with Crippen LogP contribution in [0.5, 0.6) is 0 Å². The molecule has 1 aliphatic heterocycles. The monoisotopic (exact) mass is 488 g/mol. The Bertz CT molecular complexity index is 1520. The van der Waals surface area contributed by atoms with Crippen LogP contribution in [0.25, 0.3) is 22.8 Å². The third-order valence-electron chi connectivity index (χ3n) is 5.80. The van der Waals surface area contributed by atoms with E-state index in [1.165, 1.54) is 6.07 Å². The van der Waals surface area contributed by atoms with Crippen LogP contribution in [-0.2, 0) is 11.0 Å². The van der Waals surface area contributed by atoms with Crippen LogP contribution in [0.4, 0.5) is 30.2 Å². The third kappa shape index (κ3) is 4.46. The van der Waals surface area contributed by atoms with E-state index in [-0.39, 0.29) is 11.5 Å². The number of hydrogen-bond acceptors (Lipinski definition) is 3. The van der Waals surface area contributed by atoms with E-state index in [2.05, 4.69) is 15.6 Å². The molecule has 0 unspecified atom stereocenters. The lowest BCUT2D eigenvalue weighted by molar-refractivity contribution is -0.137. The van der Waals surface area contributed by atoms with Crippen molar-refractivity contribution in [1.29, 1.82) is 0 Å². The summed E-state index contributed by atoms with van der Waals surface area (Å²) >= 11 is 0. The second kappa shape index (κ2) is 8.77. The van der Waals surface area contributed by atoms with Crippen LogP contribution in [0.3, 0.4) is 0 Å². The van der Waals surface area contributed by atoms with Crippen molar-refractivity contribution >= 4 is 40.5 Å². The minimum Gasteiger partial charge on any atom is -0.366 e. The van der Waals surface area contributed by atoms with E-state index in [1.54, 1.807) is 42.6 Å². The Morgan fingerprint density at radius 2 is 1.69 bits per heavy atom. The number of primary amides is 1. The molecule has 5 rings (SSSR count). The summed E-state index contributed by atoms with van der Waals surface area (Å²) < 4.78 is 39.3. The van der Waals surface area contributed by atoms with Crippen molar-refractivity contribution < 1.29 is 22.8 Å². The highest BCUT2D eigenvalue weighted by atomic mass is 19.4. The van der Waals surface area contributed by atoms with Crippen LogP contribution in [0, 0.1) is 0 Å². The van der Waals surface area contributed by atoms with E-state index in [4.69, 9.17) is 5.73 Å². The quantitative estimate of drug-likeness (QED) is 0.258. The minimum absolute atomic E-state index is 0.208. The average Bonchev–Trinajstić information content (AvgIpc) is 3.46. The zero-order valence-electron chi connectivity index (χ0n) is 18.6. The highest BCUT2D eigenvalue weighted by molar-refractivity contribution is 6.35. The molecule has 3 aromatic carbocycles. The molecular formula is C27H19F3N4O2. The Morgan fingerprint density at radius 1 is 0.917 bits per heavy atom. The lowest BCUT2D eigenvalue weighted by Gasteiger charge is -2.14. The summed E-state index contributed by atoms with van der Waals surface area (Å²) in [6.07, 6.45) is -1.04. The van der Waals surface area contributed by atoms with Crippen molar-refractivity contribution in [2.75, 3.05) is 10.6 Å². The standard InChI is InChI=1S/C27H19F3N4O2/c28-27(29,30)16-6-8-20(22(12-16)25(31)35)15-3-1-4-18(11-15)33-19-7-9-21-23(13-17-5-2-10-32-17)26(36)34-24(21)14-19/h1-14,32-33H,(H2,31,35)(H,34,36). The molecule has 0 spiro atoms. The SMILES string of the molecule is NC(=O)c1cc(C(F)(F)F)ccc1-c1cccc(Nc2ccc3c(c2)NC(=O)C3=Cc2ccc[nH]2)c1. The maximum Gasteiger partial charge on any atom is 0.416 e. The molecule has 2 amide bonds. The number of alkyl halides is 3. The number of rotatable bonds is 5. The summed E-state index contributed by atoms with van der Waals surface area (Å²) in [5.41, 5.74) is 9.12. The van der Waals surface area contributed by atoms with Crippen LogP contribution in [0.1, 0.15) is 27.2 Å². The Balaban J connectivity index is 1.44. The molecule has 0 radical (unpaired) electrons. The fraction of sp³-hybridized carbons (Fsp3) is 0.0370. The fourth-order valence-electron chi connectivity index (χ4n) is 4.11. The number of aromatic nitrogens is 1. The predicted molar refractivity (Wildman–Crippen MR) is 132 cm³/mol. The normalized spacial score (nSPS) is 14.0. The minimum atomic E-state index is -4.59. The summed E-state index contributed by atoms with van der Waals surface area (Å²) in [4.78, 5) is 27.4. The number of nitrogens with two attached hydrogens (primary N) is 1. The Kier molecular flexibility index (Phi) is 5.60. The first-order chi connectivity index (χ1) is 17.2. The number of benzene rings is 3. The fourth-order valence-corrected chi connectivity index (χ4v) is 4.11. The second-order valence-electron chi connectivity index (χ2n) is 8.23. The molecule has 0 fully saturated rings. The molecule has 0 saturated heterocycles. The number of fused-ring (bicyclic) bond motifs is 1. The van der Waals surface area contributed by atoms with Crippen LogP contribution in [0.2, 0.25) is 0 Å². The molecule has 5 N–H and O–H groups in total. The molecule has 4 aromatic rings. The number of H-pyrrole nitrogens is 1. The third-order valence-corrected chi connectivity index (χ3v) is 5.80. The Hall–Kier alpha value is -4.79. The van der Waals surface area contributed by atoms with Gasteiger partial charge in [-0.3, -0.25) is 9.59 Å². The summed E-state index contributed by atoms with van der Waals surface area (Å²) in [5, 5.41) is 6.09. The zero-order chi connectivity index (χ0) is 25.4. The van der Waals surface area contributed by atoms with Crippen LogP contribution in [-0.4, -0.2) is 16.8 Å². The number of carbonyl (C=O) groups is 2. The van der Waals surface area contributed by atoms with Gasteiger partial charge in [0.25, 0.3) is 5.91 Å². The number of carbonyl (C=O) groups excluding carboxylic acids is 2. The van der Waals surface area contributed by atoms with Gasteiger partial charge >= 0.3 is 6.18 Å². The second-order valence-corrected chi connectivity index (χ2v) is 8.23. The maximum absolute atomic E-state index is 13.1. The zero-order valence-corrected chi connectivity index (χ0v) is 18.6. The van der Waals surface area contributed by atoms with Gasteiger partial charge in [0, 0.05) is 34.4 Å². The van der Waals surface area contributed by atoms with Crippen molar-refractivity contribution in [3.8, 4) is 11.1 Å². The molecule has 0 atom stereocenters. The molecule has 2 heterocycles. The molecule has 1 aromatic heterocycles. The Morgan fingerprint density at radius 3 is 2.42 bits per heavy atom. The lowest BCUT2D eigenvalue weighted by atomic mass is 9.96. The molecule has 6 nitrogen and oxygen atoms in total. The van der Waals surface area contributed by atoms with E-state index in [0.29, 0.717) is 33.8 Å². The first kappa shape index (κ1) is 23.0. The van der Waals surface area contributed by atoms with Crippen molar-refractivity contribution in [2.24, 2.45) is 5.73 Å². The molecule has 0 saturated carbocycles. The van der Waals surface area contributed by atoms with E-state index < -0.39 is 17.6 Å². The van der Waals surface area contributed by atoms with Gasteiger partial charge in [0.2, 0.25) is 5.91 Å². The topological polar surface area (TPSA) is 100 Å². The largest absolute Gasteiger partial charge is 0.416 e. The molecule has 1 aliphatic rings. The number of amides is 2. The molecule has 0 aliphatic carbocycles. The van der Waals surface area contributed by atoms with Gasteiger partial charge in [0.15, 0.2) is 0 Å². The highest BCUT2D eigenvalue weighted by Crippen LogP contribution is 2.37. The molecule has 36 heavy (non-hydrogen) atoms. The average molecular weight is 488 g/mol. The van der Waals surface area contributed by atoms with Gasteiger partial charge in [-0.1, -0.05) is 24.3 Å². The predicted octanol–water partition coefficient (Wildman–Crippen LogP) is 6.04. The van der Waals surface area contributed by atoms with Gasteiger partial charge < -0.3 is 21.4 Å². The number of hydrogen-bond donors (Lipinski definition) is 4. The summed E-state index contributed by atoms with van der Waals surface area (Å²) in [6, 6.07) is 19.0. The summed E-state index contributed by atoms with van der Waals surface area (Å²) in [5.74, 6) is -1.16. The Labute approximate surface area is 203 Å². The van der Waals surface area contributed by atoms with E-state index >= 15 is 0 Å². The van der Waals surface area contributed by atoms with Gasteiger partial charge in [-0.25, -0.2) is 0 Å². The first-order valence-corrected chi connectivity index (χ1v) is 10.9. The van der Waals surface area contributed by atoms with Crippen molar-refractivity contribution in [3.63, 3.8) is 0 Å². The van der Waals surface area contributed by atoms with Crippen molar-refractivity contribution in [1.82, 2.24) is 4.98 Å². The smallest absolute Gasteiger partial charge is 0.366 e. The molecule has 180 valence electrons. The van der Waals surface area contributed by atoms with Gasteiger partial charge in [0.1, 0.15) is 0 Å². The molecule has 0 bridgehead atoms. The maximum atomic E-state index is 13.1. The van der Waals surface area contributed by atoms with E-state index in [9.17, 15) is 22.8 Å². The molecular weight excluding hydrogens is 469 g/mol. The van der Waals surface area contributed by atoms with Gasteiger partial charge in [-0.05, 0) is 65.7 Å². The number of nitrogens with one attached hydrogen (secondary N) is 3. The van der Waals surface area contributed by atoms with Crippen LogP contribution >= 0.6 is 0 Å². The summed E-state index contributed by atoms with van der Waals surface area (Å²) in [7, 11) is 0. The number of halogens is 3. The van der Waals surface area contributed by atoms with Gasteiger partial charge in [-0.2, -0.15) is 13.2 Å². The van der Waals surface area contributed by atoms with Crippen molar-refractivity contribution in [3.05, 3.63) is 101 Å².